The number of aromatic nitrogens is 2. The maximum Gasteiger partial charge on any atom is 0.132 e. The molecule has 4 heteroatoms. The van der Waals surface area contributed by atoms with Crippen LogP contribution < -0.4 is 11.1 Å². The van der Waals surface area contributed by atoms with Crippen LogP contribution in [0.3, 0.4) is 0 Å². The summed E-state index contributed by atoms with van der Waals surface area (Å²) in [6, 6.07) is 1.62. The Kier molecular flexibility index (Phi) is 2.28. The molecule has 1 aromatic rings. The van der Waals surface area contributed by atoms with Gasteiger partial charge in [0.25, 0.3) is 0 Å². The van der Waals surface area contributed by atoms with E-state index in [0.29, 0.717) is 18.2 Å². The van der Waals surface area contributed by atoms with Crippen molar-refractivity contribution in [3.8, 4) is 12.3 Å². The molecule has 0 amide bonds. The number of rotatable bonds is 2. The average molecular weight is 148 g/mol. The highest BCUT2D eigenvalue weighted by atomic mass is 15.0. The van der Waals surface area contributed by atoms with Crippen molar-refractivity contribution in [2.24, 2.45) is 0 Å². The first-order valence-corrected chi connectivity index (χ1v) is 3.08. The quantitative estimate of drug-likeness (QED) is 0.584. The van der Waals surface area contributed by atoms with Crippen LogP contribution in [-0.4, -0.2) is 16.5 Å². The topological polar surface area (TPSA) is 63.8 Å². The van der Waals surface area contributed by atoms with E-state index in [1.165, 1.54) is 6.33 Å². The van der Waals surface area contributed by atoms with E-state index in [4.69, 9.17) is 12.2 Å². The highest BCUT2D eigenvalue weighted by Crippen LogP contribution is 2.02. The Hall–Kier alpha value is -1.76. The summed E-state index contributed by atoms with van der Waals surface area (Å²) in [5.41, 5.74) is 5.39. The number of nitrogen functional groups attached to an aromatic ring is 1. The fraction of sp³-hybridized carbons (Fsp3) is 0.143. The summed E-state index contributed by atoms with van der Waals surface area (Å²) in [7, 11) is 0. The Morgan fingerprint density at radius 1 is 1.64 bits per heavy atom. The van der Waals surface area contributed by atoms with Gasteiger partial charge in [-0.25, -0.2) is 9.97 Å². The molecule has 0 aliphatic rings. The van der Waals surface area contributed by atoms with E-state index in [1.807, 2.05) is 0 Å². The summed E-state index contributed by atoms with van der Waals surface area (Å²) in [6.07, 6.45) is 6.41. The van der Waals surface area contributed by atoms with Crippen molar-refractivity contribution in [1.29, 1.82) is 0 Å². The second-order valence-corrected chi connectivity index (χ2v) is 1.89. The number of terminal acetylenes is 1. The van der Waals surface area contributed by atoms with Gasteiger partial charge < -0.3 is 11.1 Å². The fourth-order valence-corrected chi connectivity index (χ4v) is 0.611. The van der Waals surface area contributed by atoms with Gasteiger partial charge in [0, 0.05) is 6.07 Å². The number of hydrogen-bond donors (Lipinski definition) is 2. The van der Waals surface area contributed by atoms with Crippen molar-refractivity contribution in [2.45, 2.75) is 0 Å². The molecule has 11 heavy (non-hydrogen) atoms. The third-order valence-corrected chi connectivity index (χ3v) is 1.06. The molecule has 1 heterocycles. The lowest BCUT2D eigenvalue weighted by Gasteiger charge is -1.99. The van der Waals surface area contributed by atoms with Gasteiger partial charge in [0.05, 0.1) is 6.54 Å². The minimum Gasteiger partial charge on any atom is -0.384 e. The van der Waals surface area contributed by atoms with Crippen LogP contribution in [0.4, 0.5) is 11.6 Å². The summed E-state index contributed by atoms with van der Waals surface area (Å²) >= 11 is 0. The normalized spacial score (nSPS) is 8.64. The maximum atomic E-state index is 5.39. The van der Waals surface area contributed by atoms with E-state index in [2.05, 4.69) is 21.2 Å². The van der Waals surface area contributed by atoms with Crippen LogP contribution in [0.25, 0.3) is 0 Å². The van der Waals surface area contributed by atoms with Gasteiger partial charge in [0.15, 0.2) is 0 Å². The van der Waals surface area contributed by atoms with Gasteiger partial charge in [-0.15, -0.1) is 6.42 Å². The zero-order valence-electron chi connectivity index (χ0n) is 5.91. The molecule has 0 saturated carbocycles. The van der Waals surface area contributed by atoms with Crippen LogP contribution in [0.2, 0.25) is 0 Å². The molecule has 0 fully saturated rings. The molecule has 0 aliphatic heterocycles. The van der Waals surface area contributed by atoms with Gasteiger partial charge >= 0.3 is 0 Å². The largest absolute Gasteiger partial charge is 0.384 e. The van der Waals surface area contributed by atoms with Crippen LogP contribution in [0.5, 0.6) is 0 Å². The van der Waals surface area contributed by atoms with E-state index < -0.39 is 0 Å². The van der Waals surface area contributed by atoms with Crippen LogP contribution in [-0.2, 0) is 0 Å². The van der Waals surface area contributed by atoms with Gasteiger partial charge in [-0.2, -0.15) is 0 Å². The van der Waals surface area contributed by atoms with E-state index in [9.17, 15) is 0 Å². The minimum absolute atomic E-state index is 0.430. The molecule has 4 nitrogen and oxygen atoms in total. The Bertz CT molecular complexity index is 276. The lowest BCUT2D eigenvalue weighted by atomic mass is 10.5. The van der Waals surface area contributed by atoms with Crippen LogP contribution >= 0.6 is 0 Å². The highest BCUT2D eigenvalue weighted by Gasteiger charge is 1.91. The molecule has 0 spiro atoms. The van der Waals surface area contributed by atoms with Crippen LogP contribution in [0.15, 0.2) is 12.4 Å². The zero-order valence-corrected chi connectivity index (χ0v) is 5.91. The predicted molar refractivity (Wildman–Crippen MR) is 43.8 cm³/mol. The van der Waals surface area contributed by atoms with Gasteiger partial charge in [-0.3, -0.25) is 0 Å². The molecule has 0 unspecified atom stereocenters. The molecule has 56 valence electrons. The van der Waals surface area contributed by atoms with Gasteiger partial charge in [-0.1, -0.05) is 5.92 Å². The van der Waals surface area contributed by atoms with E-state index in [0.717, 1.165) is 0 Å². The van der Waals surface area contributed by atoms with Crippen molar-refractivity contribution in [3.63, 3.8) is 0 Å². The Morgan fingerprint density at radius 3 is 3.09 bits per heavy atom. The SMILES string of the molecule is C#CCNc1cc(N)ncn1. The van der Waals surface area contributed by atoms with E-state index in [1.54, 1.807) is 6.07 Å². The summed E-state index contributed by atoms with van der Waals surface area (Å²) < 4.78 is 0. The summed E-state index contributed by atoms with van der Waals surface area (Å²) in [6.45, 7) is 0.441. The van der Waals surface area contributed by atoms with Crippen LogP contribution in [0.1, 0.15) is 0 Å². The van der Waals surface area contributed by atoms with E-state index >= 15 is 0 Å². The van der Waals surface area contributed by atoms with Gasteiger partial charge in [0.2, 0.25) is 0 Å². The second-order valence-electron chi connectivity index (χ2n) is 1.89. The number of nitrogens with two attached hydrogens (primary N) is 1. The summed E-state index contributed by atoms with van der Waals surface area (Å²) in [5.74, 6) is 3.50. The molecular formula is C7H8N4. The predicted octanol–water partition coefficient (Wildman–Crippen LogP) is 0.104. The Balaban J connectivity index is 2.65. The average Bonchev–Trinajstić information content (AvgIpc) is 2.01. The molecule has 0 atom stereocenters. The second kappa shape index (κ2) is 3.42. The first kappa shape index (κ1) is 7.35. The van der Waals surface area contributed by atoms with Gasteiger partial charge in [-0.05, 0) is 0 Å². The lowest BCUT2D eigenvalue weighted by molar-refractivity contribution is 1.15. The van der Waals surface area contributed by atoms with Crippen molar-refractivity contribution >= 4 is 11.6 Å². The van der Waals surface area contributed by atoms with E-state index in [-0.39, 0.29) is 0 Å². The Labute approximate surface area is 64.9 Å². The molecule has 1 rings (SSSR count). The van der Waals surface area contributed by atoms with Gasteiger partial charge in [0.1, 0.15) is 18.0 Å². The molecular weight excluding hydrogens is 140 g/mol. The maximum absolute atomic E-state index is 5.39. The number of hydrogen-bond acceptors (Lipinski definition) is 4. The molecule has 0 aliphatic carbocycles. The number of anilines is 2. The van der Waals surface area contributed by atoms with Crippen molar-refractivity contribution in [3.05, 3.63) is 12.4 Å². The van der Waals surface area contributed by atoms with Crippen molar-refractivity contribution < 1.29 is 0 Å². The lowest BCUT2D eigenvalue weighted by Crippen LogP contribution is -2.02. The molecule has 3 N–H and O–H groups in total. The first-order chi connectivity index (χ1) is 5.33. The zero-order chi connectivity index (χ0) is 8.10. The van der Waals surface area contributed by atoms with Crippen molar-refractivity contribution in [2.75, 3.05) is 17.6 Å². The standard InChI is InChI=1S/C7H8N4/c1-2-3-9-7-4-6(8)10-5-11-7/h1,4-5H,3H2,(H3,8,9,10,11). The molecule has 0 bridgehead atoms. The molecule has 0 radical (unpaired) electrons. The van der Waals surface area contributed by atoms with Crippen LogP contribution in [0, 0.1) is 12.3 Å². The minimum atomic E-state index is 0.430. The third-order valence-electron chi connectivity index (χ3n) is 1.06. The molecule has 0 aromatic carbocycles. The Morgan fingerprint density at radius 2 is 2.45 bits per heavy atom. The third kappa shape index (κ3) is 2.14. The number of nitrogens with zero attached hydrogens (tertiary/aromatic N) is 2. The monoisotopic (exact) mass is 148 g/mol. The fourth-order valence-electron chi connectivity index (χ4n) is 0.611. The smallest absolute Gasteiger partial charge is 0.132 e. The summed E-state index contributed by atoms with van der Waals surface area (Å²) in [4.78, 5) is 7.60. The highest BCUT2D eigenvalue weighted by molar-refractivity contribution is 5.43. The molecule has 0 saturated heterocycles. The number of nitrogens with one attached hydrogen (secondary N) is 1. The summed E-state index contributed by atoms with van der Waals surface area (Å²) in [5, 5.41) is 2.87. The first-order valence-electron chi connectivity index (χ1n) is 3.08. The van der Waals surface area contributed by atoms with Crippen molar-refractivity contribution in [1.82, 2.24) is 9.97 Å². The molecule has 1 aromatic heterocycles.